The van der Waals surface area contributed by atoms with Crippen LogP contribution in [0.4, 0.5) is 0 Å². The van der Waals surface area contributed by atoms with Crippen LogP contribution in [-0.2, 0) is 4.89 Å². The highest BCUT2D eigenvalue weighted by Gasteiger charge is 2.20. The fourth-order valence-corrected chi connectivity index (χ4v) is 1.83. The first-order chi connectivity index (χ1) is 5.76. The molecule has 0 aromatic rings. The minimum absolute atomic E-state index is 0.375. The highest BCUT2D eigenvalue weighted by molar-refractivity contribution is 4.72. The summed E-state index contributed by atoms with van der Waals surface area (Å²) < 4.78 is 0. The van der Waals surface area contributed by atoms with Crippen molar-refractivity contribution in [3.63, 3.8) is 0 Å². The van der Waals surface area contributed by atoms with E-state index in [1.807, 2.05) is 0 Å². The summed E-state index contributed by atoms with van der Waals surface area (Å²) in [6.45, 7) is 6.79. The molecule has 1 unspecified atom stereocenters. The maximum absolute atomic E-state index is 7.38. The van der Waals surface area contributed by atoms with Gasteiger partial charge in [-0.25, -0.2) is 4.89 Å². The van der Waals surface area contributed by atoms with Gasteiger partial charge in [0.2, 0.25) is 0 Å². The van der Waals surface area contributed by atoms with Crippen LogP contribution >= 0.6 is 0 Å². The molecule has 0 bridgehead atoms. The molecule has 0 aromatic heterocycles. The maximum Gasteiger partial charge on any atom is 0.0791 e. The third kappa shape index (κ3) is 4.73. The monoisotopic (exact) mass is 174 g/mol. The van der Waals surface area contributed by atoms with Crippen molar-refractivity contribution in [2.24, 2.45) is 11.8 Å². The van der Waals surface area contributed by atoms with E-state index in [0.29, 0.717) is 6.61 Å². The van der Waals surface area contributed by atoms with E-state index in [2.05, 4.69) is 18.7 Å². The topological polar surface area (TPSA) is 29.5 Å². The van der Waals surface area contributed by atoms with Crippen LogP contribution < -0.4 is 0 Å². The Bertz CT molecular complexity index is 91.8. The summed E-state index contributed by atoms with van der Waals surface area (Å²) in [6, 6.07) is 0. The lowest BCUT2D eigenvalue weighted by atomic mass is 9.96. The second-order valence-corrected chi connectivity index (χ2v) is 3.49. The summed E-state index contributed by atoms with van der Waals surface area (Å²) in [7, 11) is 0. The molecule has 0 saturated heterocycles. The summed E-state index contributed by atoms with van der Waals surface area (Å²) in [5.41, 5.74) is 0. The van der Waals surface area contributed by atoms with Crippen LogP contribution in [0, 0.1) is 11.8 Å². The molecular weight excluding hydrogens is 152 g/mol. The van der Waals surface area contributed by atoms with Gasteiger partial charge in [-0.3, -0.25) is 5.26 Å². The molecule has 1 aliphatic rings. The lowest BCUT2D eigenvalue weighted by Gasteiger charge is -2.10. The molecule has 74 valence electrons. The van der Waals surface area contributed by atoms with E-state index in [-0.39, 0.29) is 0 Å². The molecular formula is C10H22O2. The predicted octanol–water partition coefficient (Wildman–Crippen LogP) is 3.33. The van der Waals surface area contributed by atoms with E-state index in [9.17, 15) is 0 Å². The second kappa shape index (κ2) is 7.56. The van der Waals surface area contributed by atoms with Crippen molar-refractivity contribution in [2.45, 2.75) is 46.5 Å². The third-order valence-electron chi connectivity index (χ3n) is 2.69. The van der Waals surface area contributed by atoms with Gasteiger partial charge in [0.1, 0.15) is 0 Å². The van der Waals surface area contributed by atoms with Crippen molar-refractivity contribution >= 4 is 0 Å². The number of rotatable bonds is 2. The summed E-state index contributed by atoms with van der Waals surface area (Å²) in [4.78, 5) is 3.54. The molecule has 1 fully saturated rings. The molecule has 0 radical (unpaired) electrons. The lowest BCUT2D eigenvalue weighted by Crippen LogP contribution is -2.00. The van der Waals surface area contributed by atoms with E-state index in [0.717, 1.165) is 11.8 Å². The van der Waals surface area contributed by atoms with Crippen molar-refractivity contribution in [2.75, 3.05) is 6.61 Å². The average Bonchev–Trinajstić information content (AvgIpc) is 2.51. The highest BCUT2D eigenvalue weighted by Crippen LogP contribution is 2.32. The van der Waals surface area contributed by atoms with Crippen molar-refractivity contribution in [3.8, 4) is 0 Å². The van der Waals surface area contributed by atoms with Gasteiger partial charge in [0, 0.05) is 0 Å². The SMILES string of the molecule is CCC1CCC[C@@H]1C.CCOO. The Morgan fingerprint density at radius 1 is 1.33 bits per heavy atom. The fraction of sp³-hybridized carbons (Fsp3) is 1.00. The van der Waals surface area contributed by atoms with Crippen LogP contribution in [0.1, 0.15) is 46.5 Å². The summed E-state index contributed by atoms with van der Waals surface area (Å²) in [6.07, 6.45) is 5.87. The minimum Gasteiger partial charge on any atom is -0.252 e. The van der Waals surface area contributed by atoms with Crippen LogP contribution in [0.5, 0.6) is 0 Å². The third-order valence-corrected chi connectivity index (χ3v) is 2.69. The number of hydrogen-bond donors (Lipinski definition) is 1. The van der Waals surface area contributed by atoms with Crippen molar-refractivity contribution < 1.29 is 10.1 Å². The molecule has 12 heavy (non-hydrogen) atoms. The zero-order chi connectivity index (χ0) is 9.40. The van der Waals surface area contributed by atoms with Gasteiger partial charge in [-0.05, 0) is 18.8 Å². The standard InChI is InChI=1S/C8H16.C2H6O2/c1-3-8-6-4-5-7(8)2;1-2-4-3/h7-8H,3-6H2,1-2H3;3H,2H2,1H3/t7-,8?;/m0./s1. The van der Waals surface area contributed by atoms with E-state index in [1.165, 1.54) is 25.7 Å². The van der Waals surface area contributed by atoms with Gasteiger partial charge in [-0.2, -0.15) is 0 Å². The van der Waals surface area contributed by atoms with Crippen LogP contribution in [-0.4, -0.2) is 11.9 Å². The Hall–Kier alpha value is -0.0800. The molecule has 1 N–H and O–H groups in total. The van der Waals surface area contributed by atoms with E-state index in [1.54, 1.807) is 6.92 Å². The zero-order valence-corrected chi connectivity index (χ0v) is 8.55. The Labute approximate surface area is 75.9 Å². The Kier molecular flexibility index (Phi) is 7.51. The van der Waals surface area contributed by atoms with Crippen LogP contribution in [0.15, 0.2) is 0 Å². The molecule has 1 rings (SSSR count). The van der Waals surface area contributed by atoms with Gasteiger partial charge in [0.25, 0.3) is 0 Å². The fourth-order valence-electron chi connectivity index (χ4n) is 1.83. The first-order valence-corrected chi connectivity index (χ1v) is 5.02. The lowest BCUT2D eigenvalue weighted by molar-refractivity contribution is -0.237. The van der Waals surface area contributed by atoms with Crippen LogP contribution in [0.25, 0.3) is 0 Å². The van der Waals surface area contributed by atoms with Crippen LogP contribution in [0.3, 0.4) is 0 Å². The first kappa shape index (κ1) is 11.9. The highest BCUT2D eigenvalue weighted by atomic mass is 17.1. The van der Waals surface area contributed by atoms with Crippen LogP contribution in [0.2, 0.25) is 0 Å². The van der Waals surface area contributed by atoms with E-state index < -0.39 is 0 Å². The Balaban J connectivity index is 0.000000261. The normalized spacial score (nSPS) is 28.0. The molecule has 1 saturated carbocycles. The number of hydrogen-bond acceptors (Lipinski definition) is 2. The first-order valence-electron chi connectivity index (χ1n) is 5.02. The molecule has 0 amide bonds. The second-order valence-electron chi connectivity index (χ2n) is 3.49. The van der Waals surface area contributed by atoms with Crippen molar-refractivity contribution in [3.05, 3.63) is 0 Å². The molecule has 2 heteroatoms. The Morgan fingerprint density at radius 3 is 2.08 bits per heavy atom. The predicted molar refractivity (Wildman–Crippen MR) is 51.1 cm³/mol. The maximum atomic E-state index is 7.38. The molecule has 2 atom stereocenters. The summed E-state index contributed by atoms with van der Waals surface area (Å²) in [5.74, 6) is 2.09. The molecule has 0 heterocycles. The average molecular weight is 174 g/mol. The zero-order valence-electron chi connectivity index (χ0n) is 8.55. The molecule has 0 spiro atoms. The molecule has 0 aliphatic heterocycles. The van der Waals surface area contributed by atoms with Gasteiger partial charge in [0.15, 0.2) is 0 Å². The van der Waals surface area contributed by atoms with Gasteiger partial charge < -0.3 is 0 Å². The minimum atomic E-state index is 0.375. The van der Waals surface area contributed by atoms with Gasteiger partial charge in [-0.1, -0.05) is 39.5 Å². The van der Waals surface area contributed by atoms with Gasteiger partial charge in [-0.15, -0.1) is 0 Å². The smallest absolute Gasteiger partial charge is 0.0791 e. The largest absolute Gasteiger partial charge is 0.252 e. The molecule has 1 aliphatic carbocycles. The Morgan fingerprint density at radius 2 is 1.92 bits per heavy atom. The van der Waals surface area contributed by atoms with Crippen molar-refractivity contribution in [1.29, 1.82) is 0 Å². The van der Waals surface area contributed by atoms with E-state index >= 15 is 0 Å². The molecule has 0 aromatic carbocycles. The quantitative estimate of drug-likeness (QED) is 0.514. The van der Waals surface area contributed by atoms with E-state index in [4.69, 9.17) is 5.26 Å². The van der Waals surface area contributed by atoms with Gasteiger partial charge in [0.05, 0.1) is 6.61 Å². The molecule has 2 nitrogen and oxygen atoms in total. The summed E-state index contributed by atoms with van der Waals surface area (Å²) >= 11 is 0. The summed E-state index contributed by atoms with van der Waals surface area (Å²) in [5, 5.41) is 7.38. The van der Waals surface area contributed by atoms with Crippen molar-refractivity contribution in [1.82, 2.24) is 0 Å². The van der Waals surface area contributed by atoms with Gasteiger partial charge >= 0.3 is 0 Å².